The molecule has 1 saturated heterocycles. The first-order valence-corrected chi connectivity index (χ1v) is 7.97. The molecule has 2 unspecified atom stereocenters. The van der Waals surface area contributed by atoms with Gasteiger partial charge in [-0.2, -0.15) is 0 Å². The lowest BCUT2D eigenvalue weighted by Gasteiger charge is -2.37. The van der Waals surface area contributed by atoms with Gasteiger partial charge in [0.15, 0.2) is 0 Å². The van der Waals surface area contributed by atoms with Crippen LogP contribution in [0.1, 0.15) is 37.2 Å². The maximum Gasteiger partial charge on any atom is 0.305 e. The molecule has 1 aliphatic carbocycles. The zero-order valence-electron chi connectivity index (χ0n) is 13.1. The molecule has 5 nitrogen and oxygen atoms in total. The summed E-state index contributed by atoms with van der Waals surface area (Å²) in [6.45, 7) is 0.794. The molecule has 2 N–H and O–H groups in total. The lowest BCUT2D eigenvalue weighted by Crippen LogP contribution is -2.53. The van der Waals surface area contributed by atoms with E-state index in [-0.39, 0.29) is 18.2 Å². The Hall–Kier alpha value is -2.02. The number of benzene rings is 1. The minimum atomic E-state index is -0.978. The SMILES string of the molecule is O=C(O)CC1(NC(=O)C2CC2c2ccc(F)cc2F)CCOCC1. The Bertz CT molecular complexity index is 658. The van der Waals surface area contributed by atoms with E-state index in [0.717, 1.165) is 6.07 Å². The number of carbonyl (C=O) groups is 2. The van der Waals surface area contributed by atoms with Crippen molar-refractivity contribution in [1.82, 2.24) is 5.32 Å². The maximum atomic E-state index is 13.8. The molecule has 0 radical (unpaired) electrons. The Balaban J connectivity index is 1.67. The second-order valence-electron chi connectivity index (χ2n) is 6.57. The smallest absolute Gasteiger partial charge is 0.305 e. The van der Waals surface area contributed by atoms with Crippen LogP contribution in [-0.4, -0.2) is 35.7 Å². The first-order chi connectivity index (χ1) is 11.4. The first kappa shape index (κ1) is 16.8. The average molecular weight is 339 g/mol. The van der Waals surface area contributed by atoms with Crippen molar-refractivity contribution in [2.75, 3.05) is 13.2 Å². The second-order valence-corrected chi connectivity index (χ2v) is 6.57. The molecule has 3 rings (SSSR count). The van der Waals surface area contributed by atoms with Crippen molar-refractivity contribution in [3.63, 3.8) is 0 Å². The van der Waals surface area contributed by atoms with Gasteiger partial charge in [0.25, 0.3) is 0 Å². The van der Waals surface area contributed by atoms with Gasteiger partial charge in [-0.25, -0.2) is 8.78 Å². The molecule has 2 atom stereocenters. The van der Waals surface area contributed by atoms with E-state index in [1.807, 2.05) is 0 Å². The Morgan fingerprint density at radius 3 is 2.62 bits per heavy atom. The quantitative estimate of drug-likeness (QED) is 0.862. The normalized spacial score (nSPS) is 25.1. The van der Waals surface area contributed by atoms with Crippen molar-refractivity contribution >= 4 is 11.9 Å². The van der Waals surface area contributed by atoms with Crippen LogP contribution in [0.2, 0.25) is 0 Å². The highest BCUT2D eigenvalue weighted by Crippen LogP contribution is 2.48. The molecule has 130 valence electrons. The molecule has 7 heteroatoms. The number of amides is 1. The van der Waals surface area contributed by atoms with Gasteiger partial charge in [-0.1, -0.05) is 6.07 Å². The summed E-state index contributed by atoms with van der Waals surface area (Å²) >= 11 is 0. The largest absolute Gasteiger partial charge is 0.481 e. The molecule has 1 saturated carbocycles. The fraction of sp³-hybridized carbons (Fsp3) is 0.529. The molecule has 0 bridgehead atoms. The number of hydrogen-bond acceptors (Lipinski definition) is 3. The third-order valence-electron chi connectivity index (χ3n) is 4.82. The standard InChI is InChI=1S/C17H19F2NO4/c18-10-1-2-11(14(19)7-10)12-8-13(12)16(23)20-17(9-15(21)22)3-5-24-6-4-17/h1-2,7,12-13H,3-6,8-9H2,(H,20,23)(H,21,22). The highest BCUT2D eigenvalue weighted by Gasteiger charge is 2.48. The van der Waals surface area contributed by atoms with Gasteiger partial charge in [0.1, 0.15) is 11.6 Å². The van der Waals surface area contributed by atoms with E-state index in [1.54, 1.807) is 0 Å². The number of carboxylic acid groups (broad SMARTS) is 1. The van der Waals surface area contributed by atoms with E-state index in [2.05, 4.69) is 5.32 Å². The molecular weight excluding hydrogens is 320 g/mol. The van der Waals surface area contributed by atoms with E-state index in [9.17, 15) is 18.4 Å². The predicted octanol–water partition coefficient (Wildman–Crippen LogP) is 2.21. The fourth-order valence-corrected chi connectivity index (χ4v) is 3.38. The minimum absolute atomic E-state index is 0.162. The van der Waals surface area contributed by atoms with Crippen LogP contribution in [0.25, 0.3) is 0 Å². The highest BCUT2D eigenvalue weighted by atomic mass is 19.1. The molecule has 0 spiro atoms. The zero-order chi connectivity index (χ0) is 17.3. The van der Waals surface area contributed by atoms with Crippen LogP contribution in [0.4, 0.5) is 8.78 Å². The summed E-state index contributed by atoms with van der Waals surface area (Å²) in [7, 11) is 0. The Labute approximate surface area is 138 Å². The van der Waals surface area contributed by atoms with Crippen LogP contribution in [0.3, 0.4) is 0 Å². The third-order valence-corrected chi connectivity index (χ3v) is 4.82. The van der Waals surface area contributed by atoms with Crippen molar-refractivity contribution in [3.8, 4) is 0 Å². The molecular formula is C17H19F2NO4. The van der Waals surface area contributed by atoms with E-state index in [0.29, 0.717) is 38.0 Å². The van der Waals surface area contributed by atoms with Crippen molar-refractivity contribution in [2.24, 2.45) is 5.92 Å². The van der Waals surface area contributed by atoms with Gasteiger partial charge >= 0.3 is 5.97 Å². The average Bonchev–Trinajstić information content (AvgIpc) is 3.27. The topological polar surface area (TPSA) is 75.6 Å². The van der Waals surface area contributed by atoms with Crippen molar-refractivity contribution < 1.29 is 28.2 Å². The molecule has 1 amide bonds. The van der Waals surface area contributed by atoms with Gasteiger partial charge in [-0.3, -0.25) is 9.59 Å². The lowest BCUT2D eigenvalue weighted by molar-refractivity contribution is -0.140. The minimum Gasteiger partial charge on any atom is -0.481 e. The molecule has 2 fully saturated rings. The van der Waals surface area contributed by atoms with Crippen LogP contribution in [0.15, 0.2) is 18.2 Å². The fourth-order valence-electron chi connectivity index (χ4n) is 3.38. The summed E-state index contributed by atoms with van der Waals surface area (Å²) in [6.07, 6.45) is 1.19. The van der Waals surface area contributed by atoms with Gasteiger partial charge in [-0.15, -0.1) is 0 Å². The highest BCUT2D eigenvalue weighted by molar-refractivity contribution is 5.84. The van der Waals surface area contributed by atoms with Gasteiger partial charge in [0, 0.05) is 25.2 Å². The number of carboxylic acids is 1. The van der Waals surface area contributed by atoms with Crippen molar-refractivity contribution in [3.05, 3.63) is 35.4 Å². The number of halogens is 2. The van der Waals surface area contributed by atoms with Gasteiger partial charge in [0.05, 0.1) is 12.0 Å². The summed E-state index contributed by atoms with van der Waals surface area (Å²) in [6, 6.07) is 3.35. The molecule has 1 heterocycles. The molecule has 1 aromatic rings. The number of ether oxygens (including phenoxy) is 1. The van der Waals surface area contributed by atoms with Crippen LogP contribution >= 0.6 is 0 Å². The number of carbonyl (C=O) groups excluding carboxylic acids is 1. The number of hydrogen-bond donors (Lipinski definition) is 2. The zero-order valence-corrected chi connectivity index (χ0v) is 13.1. The van der Waals surface area contributed by atoms with E-state index in [1.165, 1.54) is 12.1 Å². The first-order valence-electron chi connectivity index (χ1n) is 7.97. The van der Waals surface area contributed by atoms with Crippen molar-refractivity contribution in [1.29, 1.82) is 0 Å². The van der Waals surface area contributed by atoms with Crippen molar-refractivity contribution in [2.45, 2.75) is 37.1 Å². The summed E-state index contributed by atoms with van der Waals surface area (Å²) in [5.74, 6) is -3.24. The molecule has 2 aliphatic rings. The summed E-state index contributed by atoms with van der Waals surface area (Å²) in [5.41, 5.74) is -0.480. The van der Waals surface area contributed by atoms with E-state index >= 15 is 0 Å². The second kappa shape index (κ2) is 6.47. The number of aliphatic carboxylic acids is 1. The lowest BCUT2D eigenvalue weighted by atomic mass is 9.86. The van der Waals surface area contributed by atoms with Crippen LogP contribution in [0.5, 0.6) is 0 Å². The maximum absolute atomic E-state index is 13.8. The monoisotopic (exact) mass is 339 g/mol. The van der Waals surface area contributed by atoms with Gasteiger partial charge < -0.3 is 15.2 Å². The summed E-state index contributed by atoms with van der Waals surface area (Å²) in [4.78, 5) is 23.6. The number of rotatable bonds is 5. The van der Waals surface area contributed by atoms with Gasteiger partial charge in [-0.05, 0) is 36.8 Å². The number of nitrogens with one attached hydrogen (secondary N) is 1. The third kappa shape index (κ3) is 3.56. The summed E-state index contributed by atoms with van der Waals surface area (Å²) in [5, 5.41) is 12.0. The summed E-state index contributed by atoms with van der Waals surface area (Å²) < 4.78 is 32.1. The Kier molecular flexibility index (Phi) is 4.54. The molecule has 24 heavy (non-hydrogen) atoms. The predicted molar refractivity (Wildman–Crippen MR) is 80.4 cm³/mol. The molecule has 1 aliphatic heterocycles. The molecule has 0 aromatic heterocycles. The van der Waals surface area contributed by atoms with E-state index in [4.69, 9.17) is 9.84 Å². The van der Waals surface area contributed by atoms with Crippen LogP contribution in [0, 0.1) is 17.6 Å². The van der Waals surface area contributed by atoms with Crippen LogP contribution in [-0.2, 0) is 14.3 Å². The van der Waals surface area contributed by atoms with Gasteiger partial charge in [0.2, 0.25) is 5.91 Å². The Morgan fingerprint density at radius 2 is 2.00 bits per heavy atom. The molecule has 1 aromatic carbocycles. The van der Waals surface area contributed by atoms with E-state index < -0.39 is 29.1 Å². The Morgan fingerprint density at radius 1 is 1.29 bits per heavy atom. The van der Waals surface area contributed by atoms with Crippen LogP contribution < -0.4 is 5.32 Å².